The third-order valence-corrected chi connectivity index (χ3v) is 3.61. The van der Waals surface area contributed by atoms with Crippen LogP contribution in [0.15, 0.2) is 24.3 Å². The van der Waals surface area contributed by atoms with Crippen LogP contribution >= 0.6 is 12.2 Å². The van der Waals surface area contributed by atoms with Crippen molar-refractivity contribution >= 4 is 23.1 Å². The van der Waals surface area contributed by atoms with Crippen molar-refractivity contribution in [2.24, 2.45) is 5.73 Å². The molecule has 1 aliphatic rings. The van der Waals surface area contributed by atoms with Gasteiger partial charge in [-0.2, -0.15) is 0 Å². The van der Waals surface area contributed by atoms with Gasteiger partial charge < -0.3 is 10.6 Å². The largest absolute Gasteiger partial charge is 0.392 e. The van der Waals surface area contributed by atoms with Crippen molar-refractivity contribution in [3.05, 3.63) is 35.4 Å². The van der Waals surface area contributed by atoms with E-state index in [2.05, 4.69) is 0 Å². The summed E-state index contributed by atoms with van der Waals surface area (Å²) in [6, 6.07) is 7.99. The molecule has 1 unspecified atom stereocenters. The normalized spacial score (nSPS) is 18.9. The molecule has 1 aromatic rings. The Kier molecular flexibility index (Phi) is 3.97. The van der Waals surface area contributed by atoms with Gasteiger partial charge in [-0.05, 0) is 25.3 Å². The summed E-state index contributed by atoms with van der Waals surface area (Å²) >= 11 is 5.02. The highest BCUT2D eigenvalue weighted by atomic mass is 32.1. The molecule has 96 valence electrons. The fraction of sp³-hybridized carbons (Fsp3) is 0.429. The number of nitrogens with two attached hydrogens (primary N) is 1. The van der Waals surface area contributed by atoms with Crippen LogP contribution in [0.2, 0.25) is 0 Å². The first kappa shape index (κ1) is 13.0. The van der Waals surface area contributed by atoms with E-state index in [-0.39, 0.29) is 11.9 Å². The van der Waals surface area contributed by atoms with E-state index in [0.29, 0.717) is 11.4 Å². The molecule has 1 saturated heterocycles. The standard InChI is InChI=1S/C14H18N2OS/c1-10-4-2-5-11(8-10)9-13(17)16-7-3-6-12(16)14(15)18/h2,4-5,8,12H,3,6-7,9H2,1H3,(H2,15,18). The molecule has 3 nitrogen and oxygen atoms in total. The predicted molar refractivity (Wildman–Crippen MR) is 76.4 cm³/mol. The minimum absolute atomic E-state index is 0.0442. The summed E-state index contributed by atoms with van der Waals surface area (Å²) in [4.78, 5) is 14.5. The molecule has 1 amide bonds. The Hall–Kier alpha value is -1.42. The lowest BCUT2D eigenvalue weighted by atomic mass is 10.1. The van der Waals surface area contributed by atoms with Crippen molar-refractivity contribution in [3.63, 3.8) is 0 Å². The van der Waals surface area contributed by atoms with Gasteiger partial charge in [0.05, 0.1) is 17.5 Å². The SMILES string of the molecule is Cc1cccc(CC(=O)N2CCCC2C(N)=S)c1. The Balaban J connectivity index is 2.06. The third-order valence-electron chi connectivity index (χ3n) is 3.34. The highest BCUT2D eigenvalue weighted by molar-refractivity contribution is 7.80. The molecule has 0 aliphatic carbocycles. The summed E-state index contributed by atoms with van der Waals surface area (Å²) in [7, 11) is 0. The molecule has 1 fully saturated rings. The van der Waals surface area contributed by atoms with Gasteiger partial charge >= 0.3 is 0 Å². The van der Waals surface area contributed by atoms with E-state index in [1.54, 1.807) is 0 Å². The minimum Gasteiger partial charge on any atom is -0.392 e. The monoisotopic (exact) mass is 262 g/mol. The lowest BCUT2D eigenvalue weighted by Crippen LogP contribution is -2.43. The highest BCUT2D eigenvalue weighted by Gasteiger charge is 2.30. The second kappa shape index (κ2) is 5.48. The van der Waals surface area contributed by atoms with Crippen molar-refractivity contribution in [2.75, 3.05) is 6.54 Å². The van der Waals surface area contributed by atoms with Gasteiger partial charge in [-0.3, -0.25) is 4.79 Å². The number of amides is 1. The number of hydrogen-bond donors (Lipinski definition) is 1. The quantitative estimate of drug-likeness (QED) is 0.845. The van der Waals surface area contributed by atoms with Crippen LogP contribution in [0.1, 0.15) is 24.0 Å². The number of benzene rings is 1. The van der Waals surface area contributed by atoms with Crippen molar-refractivity contribution in [1.29, 1.82) is 0 Å². The van der Waals surface area contributed by atoms with Crippen LogP contribution in [0.3, 0.4) is 0 Å². The maximum Gasteiger partial charge on any atom is 0.227 e. The maximum atomic E-state index is 12.3. The molecule has 0 radical (unpaired) electrons. The number of likely N-dealkylation sites (tertiary alicyclic amines) is 1. The topological polar surface area (TPSA) is 46.3 Å². The van der Waals surface area contributed by atoms with E-state index in [4.69, 9.17) is 18.0 Å². The predicted octanol–water partition coefficient (Wildman–Crippen LogP) is 1.81. The number of hydrogen-bond acceptors (Lipinski definition) is 2. The molecule has 2 N–H and O–H groups in total. The van der Waals surface area contributed by atoms with Gasteiger partial charge in [0.1, 0.15) is 0 Å². The second-order valence-electron chi connectivity index (χ2n) is 4.81. The molecule has 2 rings (SSSR count). The summed E-state index contributed by atoms with van der Waals surface area (Å²) in [6.45, 7) is 2.80. The zero-order valence-electron chi connectivity index (χ0n) is 10.6. The first-order valence-corrected chi connectivity index (χ1v) is 6.63. The fourth-order valence-electron chi connectivity index (χ4n) is 2.46. The first-order chi connectivity index (χ1) is 8.58. The fourth-order valence-corrected chi connectivity index (χ4v) is 2.70. The molecule has 0 aromatic heterocycles. The molecular formula is C14H18N2OS. The van der Waals surface area contributed by atoms with Crippen LogP contribution in [0.4, 0.5) is 0 Å². The Bertz CT molecular complexity index is 473. The molecule has 4 heteroatoms. The molecule has 1 aromatic carbocycles. The van der Waals surface area contributed by atoms with Crippen LogP contribution in [-0.4, -0.2) is 28.4 Å². The molecule has 1 atom stereocenters. The van der Waals surface area contributed by atoms with Gasteiger partial charge in [-0.1, -0.05) is 42.0 Å². The molecular weight excluding hydrogens is 244 g/mol. The van der Waals surface area contributed by atoms with E-state index in [9.17, 15) is 4.79 Å². The number of carbonyl (C=O) groups is 1. The number of carbonyl (C=O) groups excluding carboxylic acids is 1. The molecule has 0 spiro atoms. The van der Waals surface area contributed by atoms with Gasteiger partial charge in [0.2, 0.25) is 5.91 Å². The van der Waals surface area contributed by atoms with Crippen LogP contribution < -0.4 is 5.73 Å². The van der Waals surface area contributed by atoms with Gasteiger partial charge in [-0.15, -0.1) is 0 Å². The number of nitrogens with zero attached hydrogens (tertiary/aromatic N) is 1. The van der Waals surface area contributed by atoms with Crippen molar-refractivity contribution in [3.8, 4) is 0 Å². The van der Waals surface area contributed by atoms with Crippen molar-refractivity contribution in [2.45, 2.75) is 32.2 Å². The van der Waals surface area contributed by atoms with Gasteiger partial charge in [-0.25, -0.2) is 0 Å². The molecule has 0 saturated carbocycles. The van der Waals surface area contributed by atoms with Crippen LogP contribution in [0.5, 0.6) is 0 Å². The summed E-state index contributed by atoms with van der Waals surface area (Å²) in [5.41, 5.74) is 7.90. The minimum atomic E-state index is -0.0442. The third kappa shape index (κ3) is 2.88. The smallest absolute Gasteiger partial charge is 0.227 e. The summed E-state index contributed by atoms with van der Waals surface area (Å²) in [5.74, 6) is 0.121. The van der Waals surface area contributed by atoms with Crippen LogP contribution in [0, 0.1) is 6.92 Å². The second-order valence-corrected chi connectivity index (χ2v) is 5.28. The molecule has 1 heterocycles. The maximum absolute atomic E-state index is 12.3. The Labute approximate surface area is 113 Å². The summed E-state index contributed by atoms with van der Waals surface area (Å²) < 4.78 is 0. The van der Waals surface area contributed by atoms with E-state index in [1.807, 2.05) is 36.1 Å². The van der Waals surface area contributed by atoms with Gasteiger partial charge in [0.15, 0.2) is 0 Å². The van der Waals surface area contributed by atoms with Crippen molar-refractivity contribution < 1.29 is 4.79 Å². The number of thiocarbonyl (C=S) groups is 1. The first-order valence-electron chi connectivity index (χ1n) is 6.22. The zero-order chi connectivity index (χ0) is 13.1. The van der Waals surface area contributed by atoms with Gasteiger partial charge in [0.25, 0.3) is 0 Å². The van der Waals surface area contributed by atoms with Gasteiger partial charge in [0, 0.05) is 6.54 Å². The molecule has 0 bridgehead atoms. The summed E-state index contributed by atoms with van der Waals surface area (Å²) in [5, 5.41) is 0. The van der Waals surface area contributed by atoms with E-state index in [1.165, 1.54) is 5.56 Å². The zero-order valence-corrected chi connectivity index (χ0v) is 11.4. The number of aryl methyl sites for hydroxylation is 1. The van der Waals surface area contributed by atoms with Crippen LogP contribution in [-0.2, 0) is 11.2 Å². The van der Waals surface area contributed by atoms with E-state index < -0.39 is 0 Å². The Morgan fingerprint density at radius 1 is 1.56 bits per heavy atom. The highest BCUT2D eigenvalue weighted by Crippen LogP contribution is 2.19. The van der Waals surface area contributed by atoms with E-state index >= 15 is 0 Å². The average Bonchev–Trinajstić information content (AvgIpc) is 2.77. The number of rotatable bonds is 3. The Morgan fingerprint density at radius 3 is 3.00 bits per heavy atom. The summed E-state index contributed by atoms with van der Waals surface area (Å²) in [6.07, 6.45) is 2.32. The lowest BCUT2D eigenvalue weighted by Gasteiger charge is -2.23. The average molecular weight is 262 g/mol. The van der Waals surface area contributed by atoms with Crippen LogP contribution in [0.25, 0.3) is 0 Å². The van der Waals surface area contributed by atoms with Crippen molar-refractivity contribution in [1.82, 2.24) is 4.90 Å². The molecule has 18 heavy (non-hydrogen) atoms. The Morgan fingerprint density at radius 2 is 2.33 bits per heavy atom. The lowest BCUT2D eigenvalue weighted by molar-refractivity contribution is -0.130. The van der Waals surface area contributed by atoms with E-state index in [0.717, 1.165) is 24.9 Å². The molecule has 1 aliphatic heterocycles.